The Morgan fingerprint density at radius 1 is 0.938 bits per heavy atom. The summed E-state index contributed by atoms with van der Waals surface area (Å²) in [5.41, 5.74) is 8.48. The van der Waals surface area contributed by atoms with Crippen LogP contribution in [0.25, 0.3) is 33.7 Å². The molecule has 5 aromatic rings. The molecule has 1 N–H and O–H groups in total. The van der Waals surface area contributed by atoms with Crippen LogP contribution >= 0.6 is 0 Å². The molecule has 7 nitrogen and oxygen atoms in total. The zero-order valence-electron chi connectivity index (χ0n) is 18.8. The number of tetrazole rings is 1. The van der Waals surface area contributed by atoms with Gasteiger partial charge in [-0.15, -0.1) is 10.2 Å². The van der Waals surface area contributed by atoms with Crippen molar-refractivity contribution >= 4 is 40.7 Å². The minimum absolute atomic E-state index is 0. The first kappa shape index (κ1) is 22.3. The van der Waals surface area contributed by atoms with Crippen LogP contribution in [0.3, 0.4) is 0 Å². The Morgan fingerprint density at radius 3 is 2.38 bits per heavy atom. The van der Waals surface area contributed by atoms with Crippen molar-refractivity contribution in [1.29, 1.82) is 0 Å². The first-order valence-electron chi connectivity index (χ1n) is 10.4. The quantitative estimate of drug-likeness (QED) is 0.422. The molecule has 2 aromatic carbocycles. The Bertz CT molecular complexity index is 1360. The van der Waals surface area contributed by atoms with E-state index in [1.807, 2.05) is 25.1 Å². The number of nitrogens with one attached hydrogen (secondary N) is 1. The minimum atomic E-state index is 0. The maximum Gasteiger partial charge on any atom is 0.205 e. The van der Waals surface area contributed by atoms with Gasteiger partial charge in [-0.05, 0) is 47.4 Å². The topological polar surface area (TPSA) is 85.2 Å². The van der Waals surface area contributed by atoms with Crippen LogP contribution in [0.5, 0.6) is 0 Å². The molecule has 0 fully saturated rings. The zero-order chi connectivity index (χ0) is 21.4. The molecule has 5 rings (SSSR count). The Hall–Kier alpha value is -2.87. The Morgan fingerprint density at radius 2 is 1.69 bits per heavy atom. The Balaban J connectivity index is 0.00000245. The molecule has 0 saturated carbocycles. The van der Waals surface area contributed by atoms with Gasteiger partial charge in [0.15, 0.2) is 5.65 Å². The number of imidazole rings is 1. The van der Waals surface area contributed by atoms with Gasteiger partial charge in [0, 0.05) is 47.2 Å². The third-order valence-electron chi connectivity index (χ3n) is 5.54. The number of benzene rings is 2. The van der Waals surface area contributed by atoms with Crippen molar-refractivity contribution in [1.82, 2.24) is 35.2 Å². The molecule has 0 unspecified atom stereocenters. The van der Waals surface area contributed by atoms with E-state index in [0.29, 0.717) is 5.82 Å². The van der Waals surface area contributed by atoms with E-state index in [-0.39, 0.29) is 29.6 Å². The molecular formula is C24H23N7Na. The smallest absolute Gasteiger partial charge is 0.205 e. The molecule has 0 aliphatic heterocycles. The van der Waals surface area contributed by atoms with Crippen LogP contribution in [0.15, 0.2) is 54.6 Å². The van der Waals surface area contributed by atoms with E-state index in [1.165, 1.54) is 11.1 Å². The van der Waals surface area contributed by atoms with E-state index in [2.05, 4.69) is 75.4 Å². The van der Waals surface area contributed by atoms with E-state index < -0.39 is 0 Å². The first-order chi connectivity index (χ1) is 15.1. The van der Waals surface area contributed by atoms with Crippen molar-refractivity contribution in [3.05, 3.63) is 77.2 Å². The Kier molecular flexibility index (Phi) is 6.50. The molecule has 0 saturated heterocycles. The molecule has 0 aliphatic rings. The van der Waals surface area contributed by atoms with Crippen molar-refractivity contribution in [3.63, 3.8) is 0 Å². The summed E-state index contributed by atoms with van der Waals surface area (Å²) in [5, 5.41) is 14.5. The van der Waals surface area contributed by atoms with E-state index in [0.717, 1.165) is 52.3 Å². The SMILES string of the molecule is CCc1nc2c(C)cc(C)nc2n1Cc1ccc(-c2ccccc2-c2nn[nH]n2)cc1.[Na]. The molecule has 0 atom stereocenters. The standard InChI is InChI=1S/C24H23N7.Na/c1-4-21-26-22-15(2)13-16(3)25-24(22)31(21)14-17-9-11-18(12-10-17)19-7-5-6-8-20(19)23-27-29-30-28-23;/h5-13H,4,14H2,1-3H3,(H,27,28,29,30);. The van der Waals surface area contributed by atoms with Gasteiger partial charge >= 0.3 is 0 Å². The molecule has 3 aromatic heterocycles. The second-order valence-electron chi connectivity index (χ2n) is 7.70. The average Bonchev–Trinajstić information content (AvgIpc) is 3.43. The predicted octanol–water partition coefficient (Wildman–Crippen LogP) is 4.13. The second-order valence-corrected chi connectivity index (χ2v) is 7.70. The summed E-state index contributed by atoms with van der Waals surface area (Å²) in [4.78, 5) is 9.64. The van der Waals surface area contributed by atoms with Crippen molar-refractivity contribution in [3.8, 4) is 22.5 Å². The van der Waals surface area contributed by atoms with Crippen molar-refractivity contribution < 1.29 is 0 Å². The number of hydrogen-bond acceptors (Lipinski definition) is 5. The molecule has 155 valence electrons. The largest absolute Gasteiger partial charge is 0.308 e. The number of hydrogen-bond donors (Lipinski definition) is 1. The minimum Gasteiger partial charge on any atom is -0.308 e. The first-order valence-corrected chi connectivity index (χ1v) is 10.4. The van der Waals surface area contributed by atoms with Crippen LogP contribution < -0.4 is 0 Å². The van der Waals surface area contributed by atoms with Crippen molar-refractivity contribution in [2.45, 2.75) is 33.7 Å². The molecule has 0 spiro atoms. The maximum atomic E-state index is 4.85. The summed E-state index contributed by atoms with van der Waals surface area (Å²) >= 11 is 0. The number of nitrogens with zero attached hydrogens (tertiary/aromatic N) is 6. The molecule has 0 amide bonds. The van der Waals surface area contributed by atoms with Gasteiger partial charge in [0.25, 0.3) is 0 Å². The number of aryl methyl sites for hydroxylation is 3. The number of rotatable bonds is 5. The monoisotopic (exact) mass is 432 g/mol. The molecule has 1 radical (unpaired) electrons. The maximum absolute atomic E-state index is 4.85. The van der Waals surface area contributed by atoms with Gasteiger partial charge in [-0.2, -0.15) is 5.21 Å². The van der Waals surface area contributed by atoms with E-state index in [4.69, 9.17) is 9.97 Å². The summed E-state index contributed by atoms with van der Waals surface area (Å²) < 4.78 is 2.23. The number of fused-ring (bicyclic) bond motifs is 1. The summed E-state index contributed by atoms with van der Waals surface area (Å²) in [6.07, 6.45) is 0.866. The van der Waals surface area contributed by atoms with Gasteiger partial charge in [0.05, 0.1) is 6.54 Å². The molecule has 3 heterocycles. The predicted molar refractivity (Wildman–Crippen MR) is 126 cm³/mol. The number of H-pyrrole nitrogens is 1. The third-order valence-corrected chi connectivity index (χ3v) is 5.54. The van der Waals surface area contributed by atoms with Crippen molar-refractivity contribution in [2.24, 2.45) is 0 Å². The summed E-state index contributed by atoms with van der Waals surface area (Å²) in [7, 11) is 0. The van der Waals surface area contributed by atoms with Gasteiger partial charge in [-0.25, -0.2) is 9.97 Å². The third kappa shape index (κ3) is 4.11. The molecule has 8 heteroatoms. The average molecular weight is 432 g/mol. The van der Waals surface area contributed by atoms with Gasteiger partial charge < -0.3 is 4.57 Å². The molecule has 0 aliphatic carbocycles. The summed E-state index contributed by atoms with van der Waals surface area (Å²) in [6, 6.07) is 18.8. The van der Waals surface area contributed by atoms with Gasteiger partial charge in [-0.3, -0.25) is 0 Å². The van der Waals surface area contributed by atoms with Crippen LogP contribution in [0.2, 0.25) is 0 Å². The fraction of sp³-hybridized carbons (Fsp3) is 0.208. The number of aromatic amines is 1. The fourth-order valence-electron chi connectivity index (χ4n) is 4.06. The summed E-state index contributed by atoms with van der Waals surface area (Å²) in [5.74, 6) is 1.65. The van der Waals surface area contributed by atoms with Crippen LogP contribution in [0.1, 0.15) is 29.6 Å². The van der Waals surface area contributed by atoms with Crippen LogP contribution in [-0.4, -0.2) is 64.7 Å². The number of aromatic nitrogens is 7. The Labute approximate surface area is 208 Å². The van der Waals surface area contributed by atoms with Crippen LogP contribution in [0.4, 0.5) is 0 Å². The van der Waals surface area contributed by atoms with E-state index >= 15 is 0 Å². The normalized spacial score (nSPS) is 11.0. The summed E-state index contributed by atoms with van der Waals surface area (Å²) in [6.45, 7) is 7.01. The van der Waals surface area contributed by atoms with Crippen molar-refractivity contribution in [2.75, 3.05) is 0 Å². The van der Waals surface area contributed by atoms with Gasteiger partial charge in [-0.1, -0.05) is 55.5 Å². The fourth-order valence-corrected chi connectivity index (χ4v) is 4.06. The molecular weight excluding hydrogens is 409 g/mol. The van der Waals surface area contributed by atoms with Crippen LogP contribution in [0, 0.1) is 13.8 Å². The molecule has 0 bridgehead atoms. The van der Waals surface area contributed by atoms with Gasteiger partial charge in [0.2, 0.25) is 5.82 Å². The van der Waals surface area contributed by atoms with E-state index in [1.54, 1.807) is 0 Å². The molecule has 32 heavy (non-hydrogen) atoms. The second kappa shape index (κ2) is 9.32. The zero-order valence-corrected chi connectivity index (χ0v) is 20.8. The number of pyridine rings is 1. The van der Waals surface area contributed by atoms with Crippen LogP contribution in [-0.2, 0) is 13.0 Å². The van der Waals surface area contributed by atoms with Gasteiger partial charge in [0.1, 0.15) is 11.3 Å². The van der Waals surface area contributed by atoms with E-state index in [9.17, 15) is 0 Å².